The fraction of sp³-hybridized carbons (Fsp3) is 0.391. The van der Waals surface area contributed by atoms with Crippen molar-refractivity contribution in [1.82, 2.24) is 4.90 Å². The number of rotatable bonds is 7. The van der Waals surface area contributed by atoms with Crippen LogP contribution in [0.1, 0.15) is 41.0 Å². The summed E-state index contributed by atoms with van der Waals surface area (Å²) in [6, 6.07) is 12.4. The van der Waals surface area contributed by atoms with Crippen LogP contribution in [0.15, 0.2) is 46.9 Å². The number of ether oxygens (including phenoxy) is 2. The van der Waals surface area contributed by atoms with Gasteiger partial charge >= 0.3 is 0 Å². The van der Waals surface area contributed by atoms with Crippen LogP contribution in [0.3, 0.4) is 0 Å². The Bertz CT molecular complexity index is 895. The number of nitrogens with zero attached hydrogens (tertiary/aromatic N) is 1. The predicted octanol–water partition coefficient (Wildman–Crippen LogP) is 4.60. The Balaban J connectivity index is 1.73. The van der Waals surface area contributed by atoms with Gasteiger partial charge < -0.3 is 19.7 Å². The fourth-order valence-corrected chi connectivity index (χ4v) is 3.45. The maximum atomic E-state index is 12.9. The molecule has 1 N–H and O–H groups in total. The molecule has 1 heterocycles. The topological polar surface area (TPSA) is 67.9 Å². The summed E-state index contributed by atoms with van der Waals surface area (Å²) in [5.41, 5.74) is 1.54. The highest BCUT2D eigenvalue weighted by Crippen LogP contribution is 2.25. The Labute approximate surface area is 185 Å². The van der Waals surface area contributed by atoms with Gasteiger partial charge in [0.15, 0.2) is 0 Å². The van der Waals surface area contributed by atoms with E-state index < -0.39 is 0 Å². The number of hydrogen-bond donors (Lipinski definition) is 1. The summed E-state index contributed by atoms with van der Waals surface area (Å²) in [4.78, 5) is 27.4. The minimum atomic E-state index is -0.285. The molecular formula is C23H27BrN2O4. The Kier molecular flexibility index (Phi) is 7.87. The van der Waals surface area contributed by atoms with E-state index in [1.807, 2.05) is 6.07 Å². The number of morpholine rings is 1. The van der Waals surface area contributed by atoms with Crippen molar-refractivity contribution >= 4 is 33.4 Å². The van der Waals surface area contributed by atoms with Gasteiger partial charge in [-0.2, -0.15) is 0 Å². The molecule has 0 saturated carbocycles. The lowest BCUT2D eigenvalue weighted by atomic mass is 10.1. The van der Waals surface area contributed by atoms with Crippen LogP contribution in [0.5, 0.6) is 5.75 Å². The Morgan fingerprint density at radius 3 is 2.67 bits per heavy atom. The van der Waals surface area contributed by atoms with Gasteiger partial charge in [0.2, 0.25) is 0 Å². The van der Waals surface area contributed by atoms with Crippen LogP contribution in [-0.4, -0.2) is 49.6 Å². The molecule has 0 unspecified atom stereocenters. The Hall–Kier alpha value is -2.38. The van der Waals surface area contributed by atoms with Crippen LogP contribution >= 0.6 is 15.9 Å². The zero-order valence-electron chi connectivity index (χ0n) is 17.3. The molecule has 2 aromatic rings. The first-order valence-corrected chi connectivity index (χ1v) is 10.9. The quantitative estimate of drug-likeness (QED) is 0.636. The molecule has 0 bridgehead atoms. The zero-order valence-corrected chi connectivity index (χ0v) is 18.9. The SMILES string of the molecule is CC(C)CCOc1ccc(Br)cc1C(=O)Nc1cccc(C(=O)N2CCOCC2)c1. The number of carbonyl (C=O) groups is 2. The van der Waals surface area contributed by atoms with E-state index in [1.165, 1.54) is 0 Å². The number of nitrogens with one attached hydrogen (secondary N) is 1. The molecule has 0 radical (unpaired) electrons. The lowest BCUT2D eigenvalue weighted by Crippen LogP contribution is -2.40. The number of benzene rings is 2. The first-order valence-electron chi connectivity index (χ1n) is 10.1. The van der Waals surface area contributed by atoms with Gasteiger partial charge in [0.1, 0.15) is 5.75 Å². The third-order valence-corrected chi connectivity index (χ3v) is 5.30. The first kappa shape index (κ1) is 22.3. The van der Waals surface area contributed by atoms with Crippen molar-refractivity contribution in [3.63, 3.8) is 0 Å². The molecule has 6 nitrogen and oxygen atoms in total. The van der Waals surface area contributed by atoms with Gasteiger partial charge in [0.25, 0.3) is 11.8 Å². The number of hydrogen-bond acceptors (Lipinski definition) is 4. The summed E-state index contributed by atoms with van der Waals surface area (Å²) in [6.07, 6.45) is 0.906. The molecule has 30 heavy (non-hydrogen) atoms. The molecule has 0 aliphatic carbocycles. The van der Waals surface area contributed by atoms with Crippen molar-refractivity contribution in [3.05, 3.63) is 58.1 Å². The summed E-state index contributed by atoms with van der Waals surface area (Å²) < 4.78 is 11.9. The normalized spacial score (nSPS) is 13.9. The number of carbonyl (C=O) groups excluding carboxylic acids is 2. The van der Waals surface area contributed by atoms with E-state index >= 15 is 0 Å². The minimum Gasteiger partial charge on any atom is -0.493 e. The molecule has 7 heteroatoms. The standard InChI is InChI=1S/C23H27BrN2O4/c1-16(2)8-11-30-21-7-6-18(24)15-20(21)22(27)25-19-5-3-4-17(14-19)23(28)26-9-12-29-13-10-26/h3-7,14-16H,8-13H2,1-2H3,(H,25,27). The van der Waals surface area contributed by atoms with Crippen molar-refractivity contribution in [2.75, 3.05) is 38.2 Å². The molecule has 0 aromatic heterocycles. The molecule has 0 spiro atoms. The van der Waals surface area contributed by atoms with E-state index in [2.05, 4.69) is 35.1 Å². The highest BCUT2D eigenvalue weighted by molar-refractivity contribution is 9.10. The second kappa shape index (κ2) is 10.6. The number of halogens is 1. The van der Waals surface area contributed by atoms with Gasteiger partial charge in [0.05, 0.1) is 25.4 Å². The number of amides is 2. The first-order chi connectivity index (χ1) is 14.4. The Morgan fingerprint density at radius 2 is 1.93 bits per heavy atom. The van der Waals surface area contributed by atoms with Crippen LogP contribution in [0, 0.1) is 5.92 Å². The average molecular weight is 475 g/mol. The van der Waals surface area contributed by atoms with Crippen LogP contribution in [0.25, 0.3) is 0 Å². The van der Waals surface area contributed by atoms with Crippen LogP contribution in [0.2, 0.25) is 0 Å². The second-order valence-electron chi connectivity index (χ2n) is 7.61. The largest absolute Gasteiger partial charge is 0.493 e. The van der Waals surface area contributed by atoms with Crippen molar-refractivity contribution in [2.24, 2.45) is 5.92 Å². The van der Waals surface area contributed by atoms with Crippen molar-refractivity contribution < 1.29 is 19.1 Å². The van der Waals surface area contributed by atoms with Crippen LogP contribution in [0.4, 0.5) is 5.69 Å². The maximum absolute atomic E-state index is 12.9. The second-order valence-corrected chi connectivity index (χ2v) is 8.53. The van der Waals surface area contributed by atoms with Gasteiger partial charge in [-0.15, -0.1) is 0 Å². The maximum Gasteiger partial charge on any atom is 0.259 e. The van der Waals surface area contributed by atoms with Gasteiger partial charge in [-0.1, -0.05) is 35.8 Å². The minimum absolute atomic E-state index is 0.0606. The third-order valence-electron chi connectivity index (χ3n) is 4.80. The summed E-state index contributed by atoms with van der Waals surface area (Å²) >= 11 is 3.42. The fourth-order valence-electron chi connectivity index (χ4n) is 3.09. The molecule has 2 aromatic carbocycles. The highest BCUT2D eigenvalue weighted by atomic mass is 79.9. The summed E-state index contributed by atoms with van der Waals surface area (Å²) in [5, 5.41) is 2.89. The summed E-state index contributed by atoms with van der Waals surface area (Å²) in [6.45, 7) is 7.04. The van der Waals surface area contributed by atoms with Gasteiger partial charge in [0, 0.05) is 28.8 Å². The lowest BCUT2D eigenvalue weighted by Gasteiger charge is -2.27. The lowest BCUT2D eigenvalue weighted by molar-refractivity contribution is 0.0303. The molecule has 160 valence electrons. The Morgan fingerprint density at radius 1 is 1.17 bits per heavy atom. The molecule has 1 aliphatic rings. The molecule has 1 saturated heterocycles. The third kappa shape index (κ3) is 6.06. The van der Waals surface area contributed by atoms with E-state index in [1.54, 1.807) is 41.3 Å². The molecule has 1 aliphatic heterocycles. The molecule has 1 fully saturated rings. The zero-order chi connectivity index (χ0) is 21.5. The number of anilines is 1. The monoisotopic (exact) mass is 474 g/mol. The summed E-state index contributed by atoms with van der Waals surface area (Å²) in [5.74, 6) is 0.711. The summed E-state index contributed by atoms with van der Waals surface area (Å²) in [7, 11) is 0. The van der Waals surface area contributed by atoms with Gasteiger partial charge in [-0.25, -0.2) is 0 Å². The van der Waals surface area contributed by atoms with Crippen LogP contribution in [-0.2, 0) is 4.74 Å². The molecule has 0 atom stereocenters. The van der Waals surface area contributed by atoms with Crippen molar-refractivity contribution in [3.8, 4) is 5.75 Å². The van der Waals surface area contributed by atoms with Crippen LogP contribution < -0.4 is 10.1 Å². The van der Waals surface area contributed by atoms with Crippen molar-refractivity contribution in [1.29, 1.82) is 0 Å². The van der Waals surface area contributed by atoms with Gasteiger partial charge in [-0.05, 0) is 48.7 Å². The average Bonchev–Trinajstić information content (AvgIpc) is 2.74. The van der Waals surface area contributed by atoms with E-state index in [9.17, 15) is 9.59 Å². The molecular weight excluding hydrogens is 448 g/mol. The smallest absolute Gasteiger partial charge is 0.259 e. The van der Waals surface area contributed by atoms with Crippen molar-refractivity contribution in [2.45, 2.75) is 20.3 Å². The highest BCUT2D eigenvalue weighted by Gasteiger charge is 2.19. The van der Waals surface area contributed by atoms with E-state index in [0.717, 1.165) is 10.9 Å². The molecule has 3 rings (SSSR count). The van der Waals surface area contributed by atoms with E-state index in [-0.39, 0.29) is 11.8 Å². The van der Waals surface area contributed by atoms with E-state index in [0.29, 0.717) is 61.4 Å². The van der Waals surface area contributed by atoms with Gasteiger partial charge in [-0.3, -0.25) is 9.59 Å². The van der Waals surface area contributed by atoms with E-state index in [4.69, 9.17) is 9.47 Å². The molecule has 2 amide bonds. The predicted molar refractivity (Wildman–Crippen MR) is 120 cm³/mol.